The third-order valence-corrected chi connectivity index (χ3v) is 3.14. The van der Waals surface area contributed by atoms with Gasteiger partial charge in [0.25, 0.3) is 0 Å². The van der Waals surface area contributed by atoms with Gasteiger partial charge >= 0.3 is 0 Å². The Bertz CT molecular complexity index is 212. The molecule has 1 saturated carbocycles. The van der Waals surface area contributed by atoms with Crippen molar-refractivity contribution in [2.75, 3.05) is 0 Å². The van der Waals surface area contributed by atoms with Crippen LogP contribution in [0.1, 0.15) is 33.6 Å². The van der Waals surface area contributed by atoms with Crippen molar-refractivity contribution < 1.29 is 9.53 Å². The average molecular weight is 154 g/mol. The molecule has 2 atom stereocenters. The number of ether oxygens (including phenoxy) is 1. The first kappa shape index (κ1) is 7.29. The third kappa shape index (κ3) is 0.734. The van der Waals surface area contributed by atoms with Crippen molar-refractivity contribution in [3.63, 3.8) is 0 Å². The van der Waals surface area contributed by atoms with E-state index in [0.717, 1.165) is 12.8 Å². The highest BCUT2D eigenvalue weighted by molar-refractivity contribution is 5.86. The third-order valence-electron chi connectivity index (χ3n) is 3.14. The van der Waals surface area contributed by atoms with Crippen molar-refractivity contribution in [1.82, 2.24) is 0 Å². The monoisotopic (exact) mass is 154 g/mol. The highest BCUT2D eigenvalue weighted by Gasteiger charge is 2.63. The fourth-order valence-electron chi connectivity index (χ4n) is 2.31. The van der Waals surface area contributed by atoms with E-state index in [-0.39, 0.29) is 16.8 Å². The van der Waals surface area contributed by atoms with Crippen molar-refractivity contribution in [2.24, 2.45) is 5.41 Å². The molecular formula is C9H14O2. The van der Waals surface area contributed by atoms with E-state index in [1.165, 1.54) is 0 Å². The zero-order chi connectivity index (χ0) is 8.28. The van der Waals surface area contributed by atoms with Gasteiger partial charge in [0.15, 0.2) is 5.78 Å². The van der Waals surface area contributed by atoms with Crippen molar-refractivity contribution in [2.45, 2.75) is 45.3 Å². The minimum atomic E-state index is -0.367. The minimum Gasteiger partial charge on any atom is -0.363 e. The summed E-state index contributed by atoms with van der Waals surface area (Å²) in [5.41, 5.74) is -0.139. The van der Waals surface area contributed by atoms with Gasteiger partial charge in [-0.1, -0.05) is 13.8 Å². The maximum Gasteiger partial charge on any atom is 0.161 e. The van der Waals surface area contributed by atoms with E-state index in [1.54, 1.807) is 6.92 Å². The molecule has 0 N–H and O–H groups in total. The van der Waals surface area contributed by atoms with Gasteiger partial charge in [-0.3, -0.25) is 4.79 Å². The van der Waals surface area contributed by atoms with Crippen LogP contribution in [0.5, 0.6) is 0 Å². The summed E-state index contributed by atoms with van der Waals surface area (Å²) >= 11 is 0. The lowest BCUT2D eigenvalue weighted by atomic mass is 9.90. The molecule has 0 aromatic carbocycles. The van der Waals surface area contributed by atoms with E-state index in [1.807, 2.05) is 0 Å². The summed E-state index contributed by atoms with van der Waals surface area (Å²) in [5.74, 6) is 0.208. The van der Waals surface area contributed by atoms with Gasteiger partial charge in [0.1, 0.15) is 5.60 Å². The maximum atomic E-state index is 11.2. The number of carbonyl (C=O) groups excluding carboxylic acids is 1. The van der Waals surface area contributed by atoms with Crippen LogP contribution < -0.4 is 0 Å². The van der Waals surface area contributed by atoms with Crippen LogP contribution in [0, 0.1) is 5.41 Å². The van der Waals surface area contributed by atoms with E-state index in [4.69, 9.17) is 4.74 Å². The summed E-state index contributed by atoms with van der Waals surface area (Å²) in [6, 6.07) is 0. The lowest BCUT2D eigenvalue weighted by Crippen LogP contribution is -2.48. The molecule has 1 aliphatic carbocycles. The van der Waals surface area contributed by atoms with Gasteiger partial charge in [-0.2, -0.15) is 0 Å². The van der Waals surface area contributed by atoms with E-state index >= 15 is 0 Å². The molecule has 0 amide bonds. The topological polar surface area (TPSA) is 26.3 Å². The Kier molecular flexibility index (Phi) is 1.12. The van der Waals surface area contributed by atoms with Crippen LogP contribution in [0.15, 0.2) is 0 Å². The summed E-state index contributed by atoms with van der Waals surface area (Å²) < 4.78 is 5.56. The highest BCUT2D eigenvalue weighted by atomic mass is 16.5. The molecule has 3 rings (SSSR count). The second kappa shape index (κ2) is 1.69. The number of carbonyl (C=O) groups is 1. The number of ketones is 1. The maximum absolute atomic E-state index is 11.2. The molecule has 2 heterocycles. The molecule has 0 aromatic rings. The van der Waals surface area contributed by atoms with Crippen LogP contribution >= 0.6 is 0 Å². The zero-order valence-electron chi connectivity index (χ0n) is 7.31. The normalized spacial score (nSPS) is 45.2. The first-order chi connectivity index (χ1) is 4.96. The Morgan fingerprint density at radius 3 is 2.27 bits per heavy atom. The zero-order valence-corrected chi connectivity index (χ0v) is 7.31. The van der Waals surface area contributed by atoms with Crippen LogP contribution in [-0.2, 0) is 9.53 Å². The van der Waals surface area contributed by atoms with E-state index in [2.05, 4.69) is 13.8 Å². The number of fused-ring (bicyclic) bond motifs is 1. The van der Waals surface area contributed by atoms with Gasteiger partial charge in [0, 0.05) is 6.42 Å². The van der Waals surface area contributed by atoms with Crippen LogP contribution in [0.4, 0.5) is 0 Å². The molecule has 2 heteroatoms. The summed E-state index contributed by atoms with van der Waals surface area (Å²) in [6.07, 6.45) is 2.21. The molecule has 2 bridgehead atoms. The van der Waals surface area contributed by atoms with E-state index in [9.17, 15) is 4.79 Å². The number of hydrogen-bond acceptors (Lipinski definition) is 2. The number of rotatable bonds is 1. The molecule has 2 aliphatic heterocycles. The summed E-state index contributed by atoms with van der Waals surface area (Å²) in [5, 5.41) is 0. The Morgan fingerprint density at radius 1 is 1.55 bits per heavy atom. The predicted molar refractivity (Wildman–Crippen MR) is 41.3 cm³/mol. The second-order valence-corrected chi connectivity index (χ2v) is 4.53. The lowest BCUT2D eigenvalue weighted by molar-refractivity contribution is -0.178. The average Bonchev–Trinajstić information content (AvgIpc) is 2.11. The smallest absolute Gasteiger partial charge is 0.161 e. The molecule has 3 fully saturated rings. The van der Waals surface area contributed by atoms with Crippen molar-refractivity contribution >= 4 is 5.78 Å². The molecule has 0 radical (unpaired) electrons. The number of Topliss-reactive ketones (excluding diaryl/α,β-unsaturated/α-hetero) is 1. The molecule has 62 valence electrons. The summed E-state index contributed by atoms with van der Waals surface area (Å²) in [7, 11) is 0. The van der Waals surface area contributed by atoms with Crippen molar-refractivity contribution in [3.05, 3.63) is 0 Å². The van der Waals surface area contributed by atoms with Gasteiger partial charge < -0.3 is 4.74 Å². The Hall–Kier alpha value is -0.370. The molecule has 3 aliphatic rings. The molecule has 11 heavy (non-hydrogen) atoms. The molecule has 0 aromatic heterocycles. The molecular weight excluding hydrogens is 140 g/mol. The first-order valence-corrected chi connectivity index (χ1v) is 4.15. The quantitative estimate of drug-likeness (QED) is 0.572. The minimum absolute atomic E-state index is 0.208. The van der Waals surface area contributed by atoms with Crippen LogP contribution in [0.25, 0.3) is 0 Å². The van der Waals surface area contributed by atoms with E-state index in [0.29, 0.717) is 6.10 Å². The van der Waals surface area contributed by atoms with Gasteiger partial charge in [-0.05, 0) is 18.8 Å². The first-order valence-electron chi connectivity index (χ1n) is 4.15. The largest absolute Gasteiger partial charge is 0.363 e. The second-order valence-electron chi connectivity index (χ2n) is 4.53. The van der Waals surface area contributed by atoms with Crippen molar-refractivity contribution in [3.8, 4) is 0 Å². The molecule has 2 saturated heterocycles. The Morgan fingerprint density at radius 2 is 2.09 bits per heavy atom. The van der Waals surface area contributed by atoms with E-state index < -0.39 is 0 Å². The number of hydrogen-bond donors (Lipinski definition) is 0. The predicted octanol–water partition coefficient (Wildman–Crippen LogP) is 1.53. The van der Waals surface area contributed by atoms with Gasteiger partial charge in [-0.15, -0.1) is 0 Å². The standard InChI is InChI=1S/C9H14O2/c1-6(10)9-4-7(11-9)8(2,3)5-9/h7H,4-5H2,1-3H3. The van der Waals surface area contributed by atoms with Crippen LogP contribution in [-0.4, -0.2) is 17.5 Å². The fraction of sp³-hybridized carbons (Fsp3) is 0.889. The Balaban J connectivity index is 2.23. The lowest BCUT2D eigenvalue weighted by Gasteiger charge is -2.37. The highest BCUT2D eigenvalue weighted by Crippen LogP contribution is 2.57. The molecule has 2 nitrogen and oxygen atoms in total. The SMILES string of the molecule is CC(=O)C12CC(O1)C(C)(C)C2. The van der Waals surface area contributed by atoms with Crippen LogP contribution in [0.2, 0.25) is 0 Å². The van der Waals surface area contributed by atoms with Crippen molar-refractivity contribution in [1.29, 1.82) is 0 Å². The fourth-order valence-corrected chi connectivity index (χ4v) is 2.31. The molecule has 2 unspecified atom stereocenters. The summed E-state index contributed by atoms with van der Waals surface area (Å²) in [4.78, 5) is 11.2. The van der Waals surface area contributed by atoms with Gasteiger partial charge in [0.2, 0.25) is 0 Å². The van der Waals surface area contributed by atoms with Gasteiger partial charge in [-0.25, -0.2) is 0 Å². The Labute approximate surface area is 66.9 Å². The molecule has 0 spiro atoms. The van der Waals surface area contributed by atoms with Crippen LogP contribution in [0.3, 0.4) is 0 Å². The van der Waals surface area contributed by atoms with Gasteiger partial charge in [0.05, 0.1) is 6.10 Å². The summed E-state index contributed by atoms with van der Waals surface area (Å²) in [6.45, 7) is 5.99.